The monoisotopic (exact) mass is 203 g/mol. The largest absolute Gasteiger partial charge is 0.312 e. The van der Waals surface area contributed by atoms with Crippen molar-refractivity contribution in [3.05, 3.63) is 42.5 Å². The van der Waals surface area contributed by atoms with Crippen molar-refractivity contribution in [2.24, 2.45) is 0 Å². The number of carbonyl (C=O) groups is 2. The number of hydrogen-bond acceptors (Lipinski definition) is 2. The highest BCUT2D eigenvalue weighted by Crippen LogP contribution is 2.19. The van der Waals surface area contributed by atoms with E-state index in [-0.39, 0.29) is 5.91 Å². The minimum absolute atomic E-state index is 0.187. The van der Waals surface area contributed by atoms with Crippen LogP contribution in [0.2, 0.25) is 0 Å². The molecule has 0 heterocycles. The number of para-hydroxylation sites is 1. The Hall–Kier alpha value is -1.90. The Bertz CT molecular complexity index is 385. The molecule has 0 saturated carbocycles. The molecule has 0 unspecified atom stereocenters. The highest BCUT2D eigenvalue weighted by atomic mass is 16.2. The first-order chi connectivity index (χ1) is 7.20. The van der Waals surface area contributed by atoms with Gasteiger partial charge in [0.1, 0.15) is 6.29 Å². The predicted molar refractivity (Wildman–Crippen MR) is 59.8 cm³/mol. The molecule has 15 heavy (non-hydrogen) atoms. The summed E-state index contributed by atoms with van der Waals surface area (Å²) < 4.78 is 0. The third-order valence-corrected chi connectivity index (χ3v) is 2.16. The zero-order chi connectivity index (χ0) is 11.3. The predicted octanol–water partition coefficient (Wildman–Crippen LogP) is 1.58. The summed E-state index contributed by atoms with van der Waals surface area (Å²) in [4.78, 5) is 23.3. The van der Waals surface area contributed by atoms with Crippen molar-refractivity contribution >= 4 is 17.9 Å². The first kappa shape index (κ1) is 11.2. The van der Waals surface area contributed by atoms with Crippen LogP contribution in [-0.2, 0) is 16.0 Å². The minimum atomic E-state index is -0.187. The second-order valence-electron chi connectivity index (χ2n) is 3.10. The van der Waals surface area contributed by atoms with Gasteiger partial charge < -0.3 is 9.69 Å². The lowest BCUT2D eigenvalue weighted by Gasteiger charge is -2.18. The van der Waals surface area contributed by atoms with E-state index >= 15 is 0 Å². The van der Waals surface area contributed by atoms with Gasteiger partial charge in [-0.2, -0.15) is 0 Å². The van der Waals surface area contributed by atoms with Gasteiger partial charge in [-0.3, -0.25) is 4.79 Å². The van der Waals surface area contributed by atoms with E-state index < -0.39 is 0 Å². The van der Waals surface area contributed by atoms with Crippen LogP contribution in [0.4, 0.5) is 5.69 Å². The average Bonchev–Trinajstić information content (AvgIpc) is 2.28. The molecule has 0 aliphatic carbocycles. The van der Waals surface area contributed by atoms with Gasteiger partial charge in [-0.15, -0.1) is 0 Å². The number of rotatable bonds is 4. The molecular formula is C12H13NO2. The summed E-state index contributed by atoms with van der Waals surface area (Å²) >= 11 is 0. The van der Waals surface area contributed by atoms with Gasteiger partial charge in [0.15, 0.2) is 0 Å². The summed E-state index contributed by atoms with van der Waals surface area (Å²) in [6, 6.07) is 7.31. The van der Waals surface area contributed by atoms with Gasteiger partial charge in [0.05, 0.1) is 0 Å². The molecule has 0 saturated heterocycles. The zero-order valence-electron chi connectivity index (χ0n) is 8.64. The van der Waals surface area contributed by atoms with Crippen LogP contribution >= 0.6 is 0 Å². The molecule has 0 atom stereocenters. The molecular weight excluding hydrogens is 190 g/mol. The van der Waals surface area contributed by atoms with Crippen LogP contribution in [0.3, 0.4) is 0 Å². The Morgan fingerprint density at radius 2 is 2.13 bits per heavy atom. The van der Waals surface area contributed by atoms with E-state index in [4.69, 9.17) is 0 Å². The maximum Gasteiger partial charge on any atom is 0.250 e. The van der Waals surface area contributed by atoms with Crippen molar-refractivity contribution in [2.45, 2.75) is 6.42 Å². The highest BCUT2D eigenvalue weighted by Gasteiger charge is 2.10. The van der Waals surface area contributed by atoms with E-state index in [1.165, 1.54) is 11.0 Å². The third kappa shape index (κ3) is 2.53. The molecule has 1 amide bonds. The molecule has 0 aliphatic rings. The quantitative estimate of drug-likeness (QED) is 0.550. The van der Waals surface area contributed by atoms with Crippen LogP contribution in [-0.4, -0.2) is 19.2 Å². The lowest BCUT2D eigenvalue weighted by molar-refractivity contribution is -0.114. The number of carbonyl (C=O) groups excluding carboxylic acids is 2. The molecule has 0 aliphatic heterocycles. The van der Waals surface area contributed by atoms with Crippen LogP contribution in [0.25, 0.3) is 0 Å². The molecule has 0 radical (unpaired) electrons. The third-order valence-electron chi connectivity index (χ3n) is 2.16. The standard InChI is InChI=1S/C12H13NO2/c1-3-12(15)13(2)11-7-5-4-6-10(11)8-9-14/h3-7,9H,1,8H2,2H3. The number of hydrogen-bond donors (Lipinski definition) is 0. The van der Waals surface area contributed by atoms with Crippen molar-refractivity contribution in [1.82, 2.24) is 0 Å². The van der Waals surface area contributed by atoms with Crippen LogP contribution in [0.5, 0.6) is 0 Å². The fourth-order valence-corrected chi connectivity index (χ4v) is 1.36. The van der Waals surface area contributed by atoms with Gasteiger partial charge in [0.25, 0.3) is 0 Å². The fraction of sp³-hybridized carbons (Fsp3) is 0.167. The maximum atomic E-state index is 11.4. The molecule has 1 aromatic rings. The molecule has 1 rings (SSSR count). The van der Waals surface area contributed by atoms with E-state index in [9.17, 15) is 9.59 Å². The van der Waals surface area contributed by atoms with E-state index in [0.717, 1.165) is 17.5 Å². The number of amides is 1. The van der Waals surface area contributed by atoms with Gasteiger partial charge in [-0.1, -0.05) is 24.8 Å². The van der Waals surface area contributed by atoms with Crippen LogP contribution < -0.4 is 4.90 Å². The number of aldehydes is 1. The smallest absolute Gasteiger partial charge is 0.250 e. The Morgan fingerprint density at radius 3 is 2.73 bits per heavy atom. The van der Waals surface area contributed by atoms with Crippen LogP contribution in [0, 0.1) is 0 Å². The first-order valence-corrected chi connectivity index (χ1v) is 4.62. The Kier molecular flexibility index (Phi) is 3.80. The van der Waals surface area contributed by atoms with Crippen molar-refractivity contribution in [1.29, 1.82) is 0 Å². The fourth-order valence-electron chi connectivity index (χ4n) is 1.36. The topological polar surface area (TPSA) is 37.4 Å². The van der Waals surface area contributed by atoms with Gasteiger partial charge >= 0.3 is 0 Å². The minimum Gasteiger partial charge on any atom is -0.312 e. The summed E-state index contributed by atoms with van der Waals surface area (Å²) in [6.07, 6.45) is 2.38. The summed E-state index contributed by atoms with van der Waals surface area (Å²) in [5, 5.41) is 0. The van der Waals surface area contributed by atoms with Gasteiger partial charge in [0, 0.05) is 19.2 Å². The lowest BCUT2D eigenvalue weighted by atomic mass is 10.1. The van der Waals surface area contributed by atoms with E-state index in [2.05, 4.69) is 6.58 Å². The molecule has 78 valence electrons. The van der Waals surface area contributed by atoms with E-state index in [1.54, 1.807) is 13.1 Å². The van der Waals surface area contributed by atoms with Crippen LogP contribution in [0.15, 0.2) is 36.9 Å². The lowest BCUT2D eigenvalue weighted by Crippen LogP contribution is -2.24. The summed E-state index contributed by atoms with van der Waals surface area (Å²) in [5.74, 6) is -0.187. The second kappa shape index (κ2) is 5.10. The highest BCUT2D eigenvalue weighted by molar-refractivity contribution is 6.01. The van der Waals surface area contributed by atoms with Gasteiger partial charge in [-0.05, 0) is 17.7 Å². The van der Waals surface area contributed by atoms with Crippen molar-refractivity contribution in [3.63, 3.8) is 0 Å². The Morgan fingerprint density at radius 1 is 1.47 bits per heavy atom. The molecule has 0 aromatic heterocycles. The van der Waals surface area contributed by atoms with Crippen molar-refractivity contribution in [3.8, 4) is 0 Å². The summed E-state index contributed by atoms with van der Waals surface area (Å²) in [5.41, 5.74) is 1.58. The van der Waals surface area contributed by atoms with Crippen molar-refractivity contribution < 1.29 is 9.59 Å². The van der Waals surface area contributed by atoms with Crippen LogP contribution in [0.1, 0.15) is 5.56 Å². The molecule has 3 heteroatoms. The summed E-state index contributed by atoms with van der Waals surface area (Å²) in [7, 11) is 1.66. The molecule has 0 fully saturated rings. The molecule has 0 spiro atoms. The summed E-state index contributed by atoms with van der Waals surface area (Å²) in [6.45, 7) is 3.42. The average molecular weight is 203 g/mol. The number of benzene rings is 1. The molecule has 0 N–H and O–H groups in total. The first-order valence-electron chi connectivity index (χ1n) is 4.62. The van der Waals surface area contributed by atoms with E-state index in [0.29, 0.717) is 6.42 Å². The molecule has 0 bridgehead atoms. The molecule has 3 nitrogen and oxygen atoms in total. The number of likely N-dealkylation sites (N-methyl/N-ethyl adjacent to an activating group) is 1. The number of nitrogens with zero attached hydrogens (tertiary/aromatic N) is 1. The van der Waals surface area contributed by atoms with Gasteiger partial charge in [-0.25, -0.2) is 0 Å². The molecule has 1 aromatic carbocycles. The van der Waals surface area contributed by atoms with E-state index in [1.807, 2.05) is 18.2 Å². The Labute approximate surface area is 89.0 Å². The second-order valence-corrected chi connectivity index (χ2v) is 3.10. The maximum absolute atomic E-state index is 11.4. The zero-order valence-corrected chi connectivity index (χ0v) is 8.64. The van der Waals surface area contributed by atoms with Crippen molar-refractivity contribution in [2.75, 3.05) is 11.9 Å². The van der Waals surface area contributed by atoms with Gasteiger partial charge in [0.2, 0.25) is 5.91 Å². The normalized spacial score (nSPS) is 9.40. The SMILES string of the molecule is C=CC(=O)N(C)c1ccccc1CC=O. The number of anilines is 1. The Balaban J connectivity index is 3.06.